The normalized spacial score (nSPS) is 20.9. The van der Waals surface area contributed by atoms with Gasteiger partial charge in [0.25, 0.3) is 5.91 Å². The molecule has 1 fully saturated rings. The number of carboxylic acid groups (broad SMARTS) is 1. The third kappa shape index (κ3) is 2.39. The molecule has 5 heteroatoms. The predicted octanol–water partition coefficient (Wildman–Crippen LogP) is 3.23. The van der Waals surface area contributed by atoms with Gasteiger partial charge in [-0.15, -0.1) is 0 Å². The second-order valence-corrected chi connectivity index (χ2v) is 6.94. The van der Waals surface area contributed by atoms with Crippen molar-refractivity contribution in [1.29, 1.82) is 0 Å². The lowest BCUT2D eigenvalue weighted by Gasteiger charge is -2.28. The van der Waals surface area contributed by atoms with Gasteiger partial charge >= 0.3 is 5.97 Å². The molecule has 128 valence electrons. The van der Waals surface area contributed by atoms with Crippen LogP contribution in [0.4, 0.5) is 0 Å². The Morgan fingerprint density at radius 1 is 1.29 bits per heavy atom. The second kappa shape index (κ2) is 5.96. The second-order valence-electron chi connectivity index (χ2n) is 6.94. The summed E-state index contributed by atoms with van der Waals surface area (Å²) < 4.78 is 2.06. The molecule has 1 aliphatic heterocycles. The Bertz CT molecular complexity index is 793. The minimum Gasteiger partial charge on any atom is -0.481 e. The van der Waals surface area contributed by atoms with Crippen molar-refractivity contribution in [1.82, 2.24) is 9.47 Å². The van der Waals surface area contributed by atoms with E-state index in [-0.39, 0.29) is 18.4 Å². The number of benzene rings is 1. The quantitative estimate of drug-likeness (QED) is 0.937. The van der Waals surface area contributed by atoms with Crippen molar-refractivity contribution in [3.8, 4) is 0 Å². The third-order valence-electron chi connectivity index (χ3n) is 5.48. The number of carbonyl (C=O) groups is 2. The summed E-state index contributed by atoms with van der Waals surface area (Å²) in [6.45, 7) is 7.46. The van der Waals surface area contributed by atoms with Crippen molar-refractivity contribution in [2.24, 2.45) is 11.3 Å². The summed E-state index contributed by atoms with van der Waals surface area (Å²) in [6.07, 6.45) is 2.40. The number of fused-ring (bicyclic) bond motifs is 1. The van der Waals surface area contributed by atoms with E-state index in [1.54, 1.807) is 4.90 Å². The number of carbonyl (C=O) groups excluding carboxylic acids is 1. The number of hydrogen-bond acceptors (Lipinski definition) is 2. The molecular formula is C19H24N2O3. The van der Waals surface area contributed by atoms with Gasteiger partial charge in [0.15, 0.2) is 0 Å². The van der Waals surface area contributed by atoms with Crippen molar-refractivity contribution < 1.29 is 14.7 Å². The first-order valence-electron chi connectivity index (χ1n) is 8.51. The first kappa shape index (κ1) is 16.6. The van der Waals surface area contributed by atoms with Crippen LogP contribution in [0.25, 0.3) is 10.9 Å². The van der Waals surface area contributed by atoms with Crippen LogP contribution in [0.15, 0.2) is 30.5 Å². The Kier molecular flexibility index (Phi) is 4.11. The van der Waals surface area contributed by atoms with E-state index in [1.807, 2.05) is 51.2 Å². The molecule has 0 spiro atoms. The molecule has 3 rings (SSSR count). The minimum absolute atomic E-state index is 0.00946. The molecule has 1 saturated heterocycles. The van der Waals surface area contributed by atoms with Crippen LogP contribution in [-0.4, -0.2) is 39.5 Å². The van der Waals surface area contributed by atoms with Crippen LogP contribution in [-0.2, 0) is 11.3 Å². The molecule has 2 heterocycles. The summed E-state index contributed by atoms with van der Waals surface area (Å²) in [4.78, 5) is 26.5. The number of hydrogen-bond donors (Lipinski definition) is 1. The fraction of sp³-hybridized carbons (Fsp3) is 0.474. The smallest absolute Gasteiger partial charge is 0.311 e. The summed E-state index contributed by atoms with van der Waals surface area (Å²) in [5, 5.41) is 10.6. The topological polar surface area (TPSA) is 62.5 Å². The number of amides is 1. The average molecular weight is 328 g/mol. The molecule has 24 heavy (non-hydrogen) atoms. The van der Waals surface area contributed by atoms with Crippen molar-refractivity contribution in [2.75, 3.05) is 13.1 Å². The van der Waals surface area contributed by atoms with Gasteiger partial charge in [-0.05, 0) is 25.3 Å². The van der Waals surface area contributed by atoms with Gasteiger partial charge in [0.05, 0.1) is 11.0 Å². The Hall–Kier alpha value is -2.30. The van der Waals surface area contributed by atoms with Gasteiger partial charge < -0.3 is 14.6 Å². The lowest BCUT2D eigenvalue weighted by atomic mass is 9.76. The van der Waals surface area contributed by atoms with Crippen molar-refractivity contribution in [3.05, 3.63) is 36.0 Å². The van der Waals surface area contributed by atoms with Gasteiger partial charge in [0.2, 0.25) is 0 Å². The summed E-state index contributed by atoms with van der Waals surface area (Å²) >= 11 is 0. The number of rotatable bonds is 4. The number of aliphatic carboxylic acids is 1. The highest BCUT2D eigenvalue weighted by Gasteiger charge is 2.48. The first-order valence-corrected chi connectivity index (χ1v) is 8.51. The number of nitrogens with zero attached hydrogens (tertiary/aromatic N) is 2. The SMILES string of the molecule is CCn1cc(C(=O)N2CCC(C(=O)O)(C(C)C)C2)c2ccccc21. The molecule has 1 aliphatic rings. The fourth-order valence-electron chi connectivity index (χ4n) is 3.75. The Labute approximate surface area is 141 Å². The molecule has 1 aromatic heterocycles. The van der Waals surface area contributed by atoms with Crippen LogP contribution in [0, 0.1) is 11.3 Å². The highest BCUT2D eigenvalue weighted by atomic mass is 16.4. The first-order chi connectivity index (χ1) is 11.4. The summed E-state index contributed by atoms with van der Waals surface area (Å²) in [5.41, 5.74) is 0.868. The van der Waals surface area contributed by atoms with E-state index in [4.69, 9.17) is 0 Å². The Morgan fingerprint density at radius 2 is 2.00 bits per heavy atom. The number of aryl methyl sites for hydroxylation is 1. The minimum atomic E-state index is -0.835. The van der Waals surface area contributed by atoms with Gasteiger partial charge in [-0.25, -0.2) is 0 Å². The highest BCUT2D eigenvalue weighted by molar-refractivity contribution is 6.07. The van der Waals surface area contributed by atoms with Crippen LogP contribution in [0.3, 0.4) is 0 Å². The standard InChI is InChI=1S/C19H24N2O3/c1-4-20-11-15(14-7-5-6-8-16(14)20)17(22)21-10-9-19(12-21,13(2)3)18(23)24/h5-8,11,13H,4,9-10,12H2,1-3H3,(H,23,24). The molecule has 0 aliphatic carbocycles. The highest BCUT2D eigenvalue weighted by Crippen LogP contribution is 2.39. The van der Waals surface area contributed by atoms with Crippen LogP contribution < -0.4 is 0 Å². The van der Waals surface area contributed by atoms with Crippen molar-refractivity contribution >= 4 is 22.8 Å². The van der Waals surface area contributed by atoms with Gasteiger partial charge in [-0.3, -0.25) is 9.59 Å². The maximum atomic E-state index is 13.0. The average Bonchev–Trinajstić information content (AvgIpc) is 3.17. The summed E-state index contributed by atoms with van der Waals surface area (Å²) in [6, 6.07) is 7.86. The van der Waals surface area contributed by atoms with Gasteiger partial charge in [-0.1, -0.05) is 32.0 Å². The largest absolute Gasteiger partial charge is 0.481 e. The maximum absolute atomic E-state index is 13.0. The van der Waals surface area contributed by atoms with E-state index in [0.29, 0.717) is 18.5 Å². The van der Waals surface area contributed by atoms with E-state index >= 15 is 0 Å². The molecule has 0 bridgehead atoms. The maximum Gasteiger partial charge on any atom is 0.311 e. The molecule has 0 saturated carbocycles. The molecule has 1 amide bonds. The molecule has 1 atom stereocenters. The summed E-state index contributed by atoms with van der Waals surface area (Å²) in [7, 11) is 0. The van der Waals surface area contributed by atoms with E-state index < -0.39 is 11.4 Å². The lowest BCUT2D eigenvalue weighted by molar-refractivity contribution is -0.150. The van der Waals surface area contributed by atoms with Crippen LogP contribution in [0.2, 0.25) is 0 Å². The molecule has 2 aromatic rings. The van der Waals surface area contributed by atoms with Crippen molar-refractivity contribution in [3.63, 3.8) is 0 Å². The molecular weight excluding hydrogens is 304 g/mol. The van der Waals surface area contributed by atoms with Gasteiger partial charge in [0, 0.05) is 36.7 Å². The van der Waals surface area contributed by atoms with Crippen LogP contribution >= 0.6 is 0 Å². The monoisotopic (exact) mass is 328 g/mol. The van der Waals surface area contributed by atoms with E-state index in [9.17, 15) is 14.7 Å². The summed E-state index contributed by atoms with van der Waals surface area (Å²) in [5.74, 6) is -0.879. The number of para-hydroxylation sites is 1. The van der Waals surface area contributed by atoms with Crippen LogP contribution in [0.5, 0.6) is 0 Å². The molecule has 1 N–H and O–H groups in total. The Balaban J connectivity index is 1.95. The van der Waals surface area contributed by atoms with E-state index in [2.05, 4.69) is 4.57 Å². The molecule has 0 radical (unpaired) electrons. The predicted molar refractivity (Wildman–Crippen MR) is 93.0 cm³/mol. The zero-order valence-electron chi connectivity index (χ0n) is 14.5. The van der Waals surface area contributed by atoms with Gasteiger partial charge in [-0.2, -0.15) is 0 Å². The van der Waals surface area contributed by atoms with Crippen LogP contribution in [0.1, 0.15) is 37.6 Å². The number of carboxylic acids is 1. The zero-order chi connectivity index (χ0) is 17.5. The fourth-order valence-corrected chi connectivity index (χ4v) is 3.75. The van der Waals surface area contributed by atoms with E-state index in [0.717, 1.165) is 17.4 Å². The van der Waals surface area contributed by atoms with Crippen molar-refractivity contribution in [2.45, 2.75) is 33.7 Å². The number of aromatic nitrogens is 1. The molecule has 1 aromatic carbocycles. The third-order valence-corrected chi connectivity index (χ3v) is 5.48. The molecule has 1 unspecified atom stereocenters. The van der Waals surface area contributed by atoms with E-state index in [1.165, 1.54) is 0 Å². The number of likely N-dealkylation sites (tertiary alicyclic amines) is 1. The molecule has 5 nitrogen and oxygen atoms in total. The lowest BCUT2D eigenvalue weighted by Crippen LogP contribution is -2.40. The van der Waals surface area contributed by atoms with Gasteiger partial charge in [0.1, 0.15) is 0 Å². The Morgan fingerprint density at radius 3 is 2.58 bits per heavy atom. The zero-order valence-corrected chi connectivity index (χ0v) is 14.5.